The third-order valence-corrected chi connectivity index (χ3v) is 8.30. The first-order valence-corrected chi connectivity index (χ1v) is 19.3. The molecule has 0 aliphatic rings. The Morgan fingerprint density at radius 3 is 1.05 bits per heavy atom. The van der Waals surface area contributed by atoms with E-state index in [0.29, 0.717) is 33.9 Å². The Morgan fingerprint density at radius 1 is 0.548 bits per heavy atom. The van der Waals surface area contributed by atoms with Gasteiger partial charge in [-0.1, -0.05) is 24.3 Å². The van der Waals surface area contributed by atoms with Crippen LogP contribution in [0.25, 0.3) is 0 Å². The lowest BCUT2D eigenvalue weighted by Crippen LogP contribution is -2.04. The van der Waals surface area contributed by atoms with E-state index in [1.165, 1.54) is 41.4 Å². The lowest BCUT2D eigenvalue weighted by Gasteiger charge is -2.05. The monoisotopic (exact) mass is 1010 g/mol. The van der Waals surface area contributed by atoms with Gasteiger partial charge in [0.1, 0.15) is 35.1 Å². The highest BCUT2D eigenvalue weighted by atomic mass is 79.9. The van der Waals surface area contributed by atoms with Crippen LogP contribution in [0.1, 0.15) is 41.7 Å². The van der Waals surface area contributed by atoms with Crippen molar-refractivity contribution in [1.82, 2.24) is 0 Å². The van der Waals surface area contributed by atoms with Crippen molar-refractivity contribution in [2.75, 3.05) is 49.8 Å². The highest BCUT2D eigenvalue weighted by Crippen LogP contribution is 2.27. The smallest absolute Gasteiger partial charge is 0.309 e. The van der Waals surface area contributed by atoms with E-state index in [1.54, 1.807) is 62.8 Å². The highest BCUT2D eigenvalue weighted by Gasteiger charge is 2.09. The van der Waals surface area contributed by atoms with Crippen molar-refractivity contribution in [3.05, 3.63) is 115 Å². The van der Waals surface area contributed by atoms with Crippen LogP contribution in [0.2, 0.25) is 0 Å². The first-order valence-electron chi connectivity index (χ1n) is 17.4. The summed E-state index contributed by atoms with van der Waals surface area (Å²) in [6, 6.07) is 24.4. The summed E-state index contributed by atoms with van der Waals surface area (Å²) in [5.41, 5.74) is 3.74. The van der Waals surface area contributed by atoms with Crippen LogP contribution < -0.4 is 18.9 Å². The second-order valence-corrected chi connectivity index (χ2v) is 13.6. The predicted molar refractivity (Wildman–Crippen MR) is 238 cm³/mol. The summed E-state index contributed by atoms with van der Waals surface area (Å²) in [4.78, 5) is 52.0. The van der Waals surface area contributed by atoms with Crippen LogP contribution >= 0.6 is 43.5 Å². The summed E-state index contributed by atoms with van der Waals surface area (Å²) in [5.74, 6) is 0.0859. The van der Waals surface area contributed by atoms with Crippen LogP contribution in [-0.2, 0) is 59.1 Å². The van der Waals surface area contributed by atoms with E-state index in [1.807, 2.05) is 30.3 Å². The molecular formula is C43H49Br2ClN2O14. The summed E-state index contributed by atoms with van der Waals surface area (Å²) in [5, 5.41) is 41.3. The predicted octanol–water partition coefficient (Wildman–Crippen LogP) is 7.36. The molecule has 0 aliphatic carbocycles. The number of carboxylic acids is 2. The summed E-state index contributed by atoms with van der Waals surface area (Å²) in [7, 11) is 9.83. The number of methoxy groups -OCH3 is 6. The average Bonchev–Trinajstić information content (AvgIpc) is 3.24. The number of halogens is 3. The normalized spacial score (nSPS) is 9.00. The lowest BCUT2D eigenvalue weighted by molar-refractivity contribution is -0.140. The van der Waals surface area contributed by atoms with Crippen LogP contribution in [0.4, 0.5) is 0 Å². The zero-order valence-corrected chi connectivity index (χ0v) is 39.0. The maximum absolute atomic E-state index is 11.0. The van der Waals surface area contributed by atoms with E-state index in [4.69, 9.17) is 44.8 Å². The fourth-order valence-electron chi connectivity index (χ4n) is 4.37. The molecule has 19 heteroatoms. The summed E-state index contributed by atoms with van der Waals surface area (Å²) in [6.45, 7) is 1.29. The van der Waals surface area contributed by atoms with Gasteiger partial charge < -0.3 is 43.7 Å². The van der Waals surface area contributed by atoms with Gasteiger partial charge in [-0.05, 0) is 114 Å². The van der Waals surface area contributed by atoms with E-state index in [-0.39, 0.29) is 44.3 Å². The molecule has 0 unspecified atom stereocenters. The molecule has 0 fully saturated rings. The number of esters is 2. The largest absolute Gasteiger partial charge is 0.496 e. The quantitative estimate of drug-likeness (QED) is 0.0926. The minimum Gasteiger partial charge on any atom is -0.496 e. The molecule has 0 bridgehead atoms. The Kier molecular flexibility index (Phi) is 31.3. The number of ether oxygens (including phenoxy) is 6. The zero-order chi connectivity index (χ0) is 47.8. The number of carbonyl (C=O) groups excluding carboxylic acids is 3. The van der Waals surface area contributed by atoms with E-state index in [9.17, 15) is 24.0 Å². The number of nitrogens with zero attached hydrogens (tertiary/aromatic N) is 2. The second-order valence-electron chi connectivity index (χ2n) is 11.3. The van der Waals surface area contributed by atoms with Crippen LogP contribution in [0.15, 0.2) is 81.7 Å². The number of benzene rings is 4. The molecule has 0 saturated carbocycles. The van der Waals surface area contributed by atoms with Gasteiger partial charge in [-0.3, -0.25) is 24.0 Å². The molecule has 4 rings (SSSR count). The van der Waals surface area contributed by atoms with Gasteiger partial charge in [0, 0.05) is 15.5 Å². The Balaban J connectivity index is -0.000000727. The van der Waals surface area contributed by atoms with Gasteiger partial charge in [0.15, 0.2) is 0 Å². The molecule has 0 aliphatic heterocycles. The molecule has 0 spiro atoms. The van der Waals surface area contributed by atoms with Gasteiger partial charge in [-0.25, -0.2) is 0 Å². The Bertz CT molecular complexity index is 2160. The second kappa shape index (κ2) is 33.5. The van der Waals surface area contributed by atoms with Crippen molar-refractivity contribution in [3.8, 4) is 35.1 Å². The zero-order valence-electron chi connectivity index (χ0n) is 35.1. The standard InChI is InChI=1S/C11H11NO3.C10H11BrO3.C10H9NO3.C9H9BrO3.C2H3ClO.CH4O.H2/c1-14-10-4-3-8(5-9(10)7-12)6-11(13)15-2;1-13-9-4-3-7(5-8(9)11)6-10(12)14-2;1-14-9-3-2-7(5-10(12)13)4-8(9)6-11;1-13-8-3-2-6(4-7(8)10)5-9(11)12;1-2(3)4;1-2;/h3-5H,6H2,1-2H3;3-5H,6H2,1-2H3;2-4H,5H2,1H3,(H,12,13);2-4H,5H2,1H3,(H,11,12);1H3;2H,1H3;1H. The topological polar surface area (TPSA) is 249 Å². The Hall–Kier alpha value is -6.18. The molecule has 0 atom stereocenters. The van der Waals surface area contributed by atoms with Crippen LogP contribution in [0.3, 0.4) is 0 Å². The van der Waals surface area contributed by atoms with E-state index in [2.05, 4.69) is 52.9 Å². The number of aliphatic hydroxyl groups excluding tert-OH is 1. The number of aliphatic hydroxyl groups is 1. The SMILES string of the molecule is CC(=O)Cl.CO.COC(=O)Cc1ccc(OC)c(Br)c1.COC(=O)Cc1ccc(OC)c(C#N)c1.COc1ccc(CC(=O)O)cc1Br.COc1ccc(CC(=O)O)cc1C#N.[HH]. The Labute approximate surface area is 383 Å². The molecule has 0 radical (unpaired) electrons. The molecule has 0 saturated heterocycles. The lowest BCUT2D eigenvalue weighted by atomic mass is 10.1. The van der Waals surface area contributed by atoms with Gasteiger partial charge >= 0.3 is 23.9 Å². The Morgan fingerprint density at radius 2 is 0.806 bits per heavy atom. The van der Waals surface area contributed by atoms with Crippen molar-refractivity contribution in [3.63, 3.8) is 0 Å². The number of hydrogen-bond acceptors (Lipinski definition) is 14. The number of nitriles is 2. The maximum Gasteiger partial charge on any atom is 0.309 e. The average molecular weight is 1010 g/mol. The van der Waals surface area contributed by atoms with Gasteiger partial charge in [0.25, 0.3) is 0 Å². The van der Waals surface area contributed by atoms with Gasteiger partial charge in [-0.2, -0.15) is 10.5 Å². The molecule has 0 aromatic heterocycles. The van der Waals surface area contributed by atoms with Crippen molar-refractivity contribution < 1.29 is 69.1 Å². The van der Waals surface area contributed by atoms with Crippen molar-refractivity contribution in [2.45, 2.75) is 32.6 Å². The molecule has 16 nitrogen and oxygen atoms in total. The van der Waals surface area contributed by atoms with Crippen molar-refractivity contribution in [1.29, 1.82) is 10.5 Å². The minimum absolute atomic E-state index is 0. The number of carboxylic acid groups (broad SMARTS) is 2. The number of hydrogen-bond donors (Lipinski definition) is 3. The van der Waals surface area contributed by atoms with E-state index >= 15 is 0 Å². The van der Waals surface area contributed by atoms with E-state index in [0.717, 1.165) is 38.5 Å². The minimum atomic E-state index is -0.918. The van der Waals surface area contributed by atoms with Gasteiger partial charge in [0.05, 0.1) is 88.4 Å². The summed E-state index contributed by atoms with van der Waals surface area (Å²) in [6.07, 6.45) is 0.384. The molecule has 0 amide bonds. The molecular weight excluding hydrogens is 964 g/mol. The number of carbonyl (C=O) groups is 5. The molecule has 4 aromatic carbocycles. The maximum atomic E-state index is 11.0. The van der Waals surface area contributed by atoms with Crippen LogP contribution in [-0.4, -0.2) is 94.2 Å². The molecule has 4 aromatic rings. The third-order valence-electron chi connectivity index (χ3n) is 7.06. The first-order chi connectivity index (χ1) is 29.4. The third kappa shape index (κ3) is 24.8. The molecule has 0 heterocycles. The number of rotatable bonds is 12. The summed E-state index contributed by atoms with van der Waals surface area (Å²) < 4.78 is 30.7. The molecule has 3 N–H and O–H groups in total. The van der Waals surface area contributed by atoms with Gasteiger partial charge in [0.2, 0.25) is 5.24 Å². The van der Waals surface area contributed by atoms with Crippen molar-refractivity contribution >= 4 is 72.6 Å². The van der Waals surface area contributed by atoms with Crippen LogP contribution in [0.5, 0.6) is 23.0 Å². The highest BCUT2D eigenvalue weighted by molar-refractivity contribution is 9.11. The van der Waals surface area contributed by atoms with Gasteiger partial charge in [-0.15, -0.1) is 0 Å². The number of aliphatic carboxylic acids is 2. The van der Waals surface area contributed by atoms with Crippen LogP contribution in [0, 0.1) is 22.7 Å². The first kappa shape index (κ1) is 57.9. The van der Waals surface area contributed by atoms with Crippen molar-refractivity contribution in [2.24, 2.45) is 0 Å². The molecule has 62 heavy (non-hydrogen) atoms. The fourth-order valence-corrected chi connectivity index (χ4v) is 5.55. The van der Waals surface area contributed by atoms with E-state index < -0.39 is 11.9 Å². The fraction of sp³-hybridized carbons (Fsp3) is 0.279. The summed E-state index contributed by atoms with van der Waals surface area (Å²) >= 11 is 11.3. The molecule has 336 valence electrons.